The quantitative estimate of drug-likeness (QED) is 0.0772. The summed E-state index contributed by atoms with van der Waals surface area (Å²) in [5.41, 5.74) is 0. The van der Waals surface area contributed by atoms with Gasteiger partial charge < -0.3 is 180 Å². The molecule has 2 bridgehead atoms. The molecule has 482 valence electrons. The molecule has 26 N–H and O–H groups in total. The third-order valence-corrected chi connectivity index (χ3v) is 12.9. The number of likely N-dealkylation sites (N-methyl/N-ethyl adjacent to an activating group) is 1. The Morgan fingerprint density at radius 2 is 0.590 bits per heavy atom. The van der Waals surface area contributed by atoms with Gasteiger partial charge in [-0.1, -0.05) is 0 Å². The van der Waals surface area contributed by atoms with Crippen LogP contribution < -0.4 is 0 Å². The van der Waals surface area contributed by atoms with Gasteiger partial charge in [0.25, 0.3) is 0 Å². The highest BCUT2D eigenvalue weighted by atomic mass is 16.7. The molecule has 0 radical (unpaired) electrons. The van der Waals surface area contributed by atoms with E-state index in [0.29, 0.717) is 26.2 Å². The van der Waals surface area contributed by atoms with Crippen molar-refractivity contribution in [2.75, 3.05) is 79.4 Å². The maximum Gasteiger partial charge on any atom is 0.218 e. The van der Waals surface area contributed by atoms with E-state index in [1.807, 2.05) is 16.8 Å². The highest BCUT2D eigenvalue weighted by molar-refractivity contribution is 5.15. The number of fused-ring (bicyclic) bond motifs is 26. The molecule has 83 heavy (non-hydrogen) atoms. The van der Waals surface area contributed by atoms with Crippen molar-refractivity contribution >= 4 is 0 Å². The highest BCUT2D eigenvalue weighted by Gasteiger charge is 2.48. The van der Waals surface area contributed by atoms with E-state index >= 15 is 0 Å². The molecule has 0 aromatic carbocycles. The molecule has 4 aliphatic heterocycles. The molecule has 4 heterocycles. The van der Waals surface area contributed by atoms with E-state index in [1.54, 1.807) is 0 Å². The summed E-state index contributed by atoms with van der Waals surface area (Å²) in [6.45, 7) is -4.02. The molecule has 4 rings (SSSR count). The number of piperazine rings is 1. The fourth-order valence-electron chi connectivity index (χ4n) is 8.13. The van der Waals surface area contributed by atoms with Crippen LogP contribution in [-0.4, -0.2) is 327 Å². The molecule has 4 aliphatic rings. The van der Waals surface area contributed by atoms with E-state index in [1.165, 1.54) is 0 Å². The topological polar surface area (TPSA) is 606 Å². The summed E-state index contributed by atoms with van der Waals surface area (Å²) < 4.78 is 42.0. The van der Waals surface area contributed by atoms with E-state index in [-0.39, 0.29) is 6.54 Å². The van der Waals surface area contributed by atoms with Gasteiger partial charge in [0.1, 0.15) is 61.0 Å². The maximum atomic E-state index is 11.3. The van der Waals surface area contributed by atoms with Crippen LogP contribution >= 0.6 is 0 Å². The Bertz CT molecular complexity index is 2170. The van der Waals surface area contributed by atoms with Gasteiger partial charge in [-0.25, -0.2) is 0 Å². The van der Waals surface area contributed by atoms with Crippen LogP contribution in [0.2, 0.25) is 0 Å². The second kappa shape index (κ2) is 34.9. The molecule has 17 unspecified atom stereocenters. The number of rotatable bonds is 14. The number of ether oxygens (including phenoxy) is 8. The molecule has 0 spiro atoms. The number of hydrogen-bond acceptors (Lipinski definition) is 36. The van der Waals surface area contributed by atoms with E-state index in [4.69, 9.17) is 37.9 Å². The minimum absolute atomic E-state index is 0.0219. The van der Waals surface area contributed by atoms with Crippen molar-refractivity contribution in [3.8, 4) is 0 Å². The van der Waals surface area contributed by atoms with Gasteiger partial charge in [-0.15, -0.1) is 0 Å². The SMILES string of the molecule is CN1CCN(CCC2OC(O)/C(O)=C(/O)C(CCO)OC(O)/C(O)=C(\O)C(CCO)OC3OC(CO)C(OC(O)/C(O)=C(\O)C(CCO)OC(O)/C(O)=C(/O)C(CCO)OC(O)/C(O)=C(/O)C(CCO)OC(O)C(O)=C2O)C(O)C3O)CC1. The summed E-state index contributed by atoms with van der Waals surface area (Å²) in [6, 6.07) is 0. The van der Waals surface area contributed by atoms with Crippen molar-refractivity contribution in [3.05, 3.63) is 69.1 Å². The van der Waals surface area contributed by atoms with E-state index < -0.39 is 252 Å². The van der Waals surface area contributed by atoms with Crippen LogP contribution in [0.1, 0.15) is 38.5 Å². The Hall–Kier alpha value is -4.92. The lowest BCUT2D eigenvalue weighted by Crippen LogP contribution is -2.61. The Labute approximate surface area is 471 Å². The Kier molecular flexibility index (Phi) is 30.4. The standard InChI is InChI=1S/C47H80N2O34/c1-48-9-11-49(12-10-48)8-2-19-26(56)33(63)42(71)77-21(4-14-51)28(58)35(65)43(72)78-22(5-15-52)29(59)36(66)44(73)80-23(6-16-53)30(60)38(68)46(75)83-40-25(18-55)82-47(39(69)32(40)62)81-24(7-17-54)31(61)37(67)45(74)79-20(3-13-50)27(57)34(64)41(70)76-19/h19-25,32,39-47,50-75H,2-18H2,1H3/b33-26?,34-27-,35-28-,36-29-,37-31+,38-30+. The van der Waals surface area contributed by atoms with Gasteiger partial charge in [0.15, 0.2) is 75.4 Å². The first-order valence-corrected chi connectivity index (χ1v) is 25.6. The molecule has 17 atom stereocenters. The number of hydrogen-bond donors (Lipinski definition) is 26. The van der Waals surface area contributed by atoms with Crippen LogP contribution in [0.4, 0.5) is 0 Å². The average Bonchev–Trinajstić information content (AvgIpc) is 3.67. The first-order valence-electron chi connectivity index (χ1n) is 25.6. The molecular formula is C47H80N2O34. The summed E-state index contributed by atoms with van der Waals surface area (Å²) in [4.78, 5) is 3.79. The van der Waals surface area contributed by atoms with Gasteiger partial charge in [0.05, 0.1) is 6.61 Å². The maximum absolute atomic E-state index is 11.3. The van der Waals surface area contributed by atoms with E-state index in [0.717, 1.165) is 0 Å². The molecule has 0 aromatic rings. The fraction of sp³-hybridized carbons (Fsp3) is 0.745. The highest BCUT2D eigenvalue weighted by Crippen LogP contribution is 2.31. The zero-order valence-electron chi connectivity index (χ0n) is 44.6. The van der Waals surface area contributed by atoms with Crippen LogP contribution in [0.15, 0.2) is 69.1 Å². The monoisotopic (exact) mass is 1220 g/mol. The van der Waals surface area contributed by atoms with Crippen molar-refractivity contribution < 1.29 is 171 Å². The van der Waals surface area contributed by atoms with Gasteiger partial charge in [-0.05, 0) is 13.5 Å². The molecular weight excluding hydrogens is 1140 g/mol. The first-order chi connectivity index (χ1) is 39.1. The predicted molar refractivity (Wildman–Crippen MR) is 269 cm³/mol. The van der Waals surface area contributed by atoms with Gasteiger partial charge in [-0.3, -0.25) is 0 Å². The minimum atomic E-state index is -2.84. The van der Waals surface area contributed by atoms with Crippen LogP contribution in [0.5, 0.6) is 0 Å². The lowest BCUT2D eigenvalue weighted by molar-refractivity contribution is -0.329. The van der Waals surface area contributed by atoms with Crippen molar-refractivity contribution in [3.63, 3.8) is 0 Å². The van der Waals surface area contributed by atoms with Gasteiger partial charge in [0.2, 0.25) is 37.7 Å². The Morgan fingerprint density at radius 3 is 0.867 bits per heavy atom. The molecule has 36 nitrogen and oxygen atoms in total. The van der Waals surface area contributed by atoms with Crippen LogP contribution in [0.25, 0.3) is 0 Å². The Morgan fingerprint density at radius 1 is 0.325 bits per heavy atom. The molecule has 2 saturated heterocycles. The van der Waals surface area contributed by atoms with Crippen LogP contribution in [0.3, 0.4) is 0 Å². The zero-order chi connectivity index (χ0) is 62.6. The third kappa shape index (κ3) is 20.1. The lowest BCUT2D eigenvalue weighted by Gasteiger charge is -2.43. The van der Waals surface area contributed by atoms with Crippen LogP contribution in [-0.2, 0) is 37.9 Å². The summed E-state index contributed by atoms with van der Waals surface area (Å²) in [7, 11) is 1.83. The largest absolute Gasteiger partial charge is 0.506 e. The second-order valence-corrected chi connectivity index (χ2v) is 18.8. The zero-order valence-corrected chi connectivity index (χ0v) is 44.6. The summed E-state index contributed by atoms with van der Waals surface area (Å²) in [5.74, 6) is -18.5. The minimum Gasteiger partial charge on any atom is -0.506 e. The van der Waals surface area contributed by atoms with E-state index in [9.17, 15) is 133 Å². The molecule has 0 amide bonds. The van der Waals surface area contributed by atoms with Crippen molar-refractivity contribution in [2.24, 2.45) is 0 Å². The summed E-state index contributed by atoms with van der Waals surface area (Å²) in [5, 5.41) is 278. The fourth-order valence-corrected chi connectivity index (χ4v) is 8.13. The number of aliphatic hydroxyl groups excluding tert-OH is 26. The van der Waals surface area contributed by atoms with Gasteiger partial charge >= 0.3 is 0 Å². The van der Waals surface area contributed by atoms with Crippen molar-refractivity contribution in [1.29, 1.82) is 0 Å². The van der Waals surface area contributed by atoms with Gasteiger partial charge in [-0.2, -0.15) is 0 Å². The second-order valence-electron chi connectivity index (χ2n) is 18.8. The molecule has 0 saturated carbocycles. The normalized spacial score (nSPS) is 39.1. The molecule has 36 heteroatoms. The summed E-state index contributed by atoms with van der Waals surface area (Å²) in [6.07, 6.45) is -45.2. The van der Waals surface area contributed by atoms with Crippen LogP contribution in [0, 0.1) is 0 Å². The number of aliphatic hydroxyl groups is 26. The molecule has 0 aliphatic carbocycles. The average molecular weight is 1220 g/mol. The summed E-state index contributed by atoms with van der Waals surface area (Å²) >= 11 is 0. The third-order valence-electron chi connectivity index (χ3n) is 12.9. The van der Waals surface area contributed by atoms with Crippen molar-refractivity contribution in [2.45, 2.75) is 144 Å². The number of nitrogens with zero attached hydrogens (tertiary/aromatic N) is 2. The predicted octanol–water partition coefficient (Wildman–Crippen LogP) is -5.44. The molecule has 0 aromatic heterocycles. The van der Waals surface area contributed by atoms with Crippen molar-refractivity contribution in [1.82, 2.24) is 9.80 Å². The first kappa shape index (κ1) is 72.3. The smallest absolute Gasteiger partial charge is 0.218 e. The van der Waals surface area contributed by atoms with E-state index in [2.05, 4.69) is 0 Å². The van der Waals surface area contributed by atoms with Gasteiger partial charge in [0, 0.05) is 97.9 Å². The molecule has 2 fully saturated rings. The lowest BCUT2D eigenvalue weighted by atomic mass is 9.98. The Balaban J connectivity index is 2.25.